The molecule has 0 N–H and O–H groups in total. The Morgan fingerprint density at radius 3 is 2.00 bits per heavy atom. The fourth-order valence-corrected chi connectivity index (χ4v) is 11.6. The number of halogens is 2. The van der Waals surface area contributed by atoms with E-state index in [0.29, 0.717) is 0 Å². The van der Waals surface area contributed by atoms with Crippen LogP contribution in [0.3, 0.4) is 0 Å². The van der Waals surface area contributed by atoms with Gasteiger partial charge in [0.2, 0.25) is 0 Å². The lowest BCUT2D eigenvalue weighted by atomic mass is 10.3. The molecule has 24 heavy (non-hydrogen) atoms. The monoisotopic (exact) mass is 392 g/mol. The maximum absolute atomic E-state index is 6.86. The molecule has 1 aliphatic heterocycles. The molecule has 0 aliphatic carbocycles. The molecule has 0 bridgehead atoms. The average Bonchev–Trinajstić information content (AvgIpc) is 2.60. The Kier molecular flexibility index (Phi) is 5.68. The van der Waals surface area contributed by atoms with Gasteiger partial charge in [0.05, 0.1) is 26.0 Å². The van der Waals surface area contributed by atoms with Gasteiger partial charge in [-0.1, -0.05) is 65.9 Å². The second-order valence-electron chi connectivity index (χ2n) is 6.54. The van der Waals surface area contributed by atoms with E-state index in [2.05, 4.69) is 62.0 Å². The Labute approximate surface area is 157 Å². The van der Waals surface area contributed by atoms with Gasteiger partial charge in [-0.05, 0) is 23.3 Å². The molecule has 1 aliphatic rings. The van der Waals surface area contributed by atoms with E-state index in [1.54, 1.807) is 0 Å². The van der Waals surface area contributed by atoms with Gasteiger partial charge >= 0.3 is 0 Å². The zero-order chi connectivity index (χ0) is 17.2. The van der Waals surface area contributed by atoms with Crippen molar-refractivity contribution in [1.82, 2.24) is 0 Å². The third-order valence-corrected chi connectivity index (χ3v) is 12.6. The lowest BCUT2D eigenvalue weighted by molar-refractivity contribution is 0.246. The van der Waals surface area contributed by atoms with Crippen LogP contribution in [0.2, 0.25) is 6.04 Å². The molecule has 5 heteroatoms. The van der Waals surface area contributed by atoms with E-state index in [1.807, 2.05) is 12.1 Å². The molecular weight excluding hydrogens is 371 g/mol. The number of allylic oxidation sites excluding steroid dienone is 1. The first-order valence-electron chi connectivity index (χ1n) is 8.24. The van der Waals surface area contributed by atoms with Crippen molar-refractivity contribution >= 4 is 51.4 Å². The molecule has 2 aromatic carbocycles. The largest absolute Gasteiger partial charge is 0.407 e. The zero-order valence-electron chi connectivity index (χ0n) is 13.8. The van der Waals surface area contributed by atoms with Crippen LogP contribution in [0, 0.1) is 0 Å². The summed E-state index contributed by atoms with van der Waals surface area (Å²) >= 11 is 13.4. The lowest BCUT2D eigenvalue weighted by Gasteiger charge is -2.45. The first-order chi connectivity index (χ1) is 11.5. The number of benzene rings is 2. The second kappa shape index (κ2) is 7.58. The first-order valence-corrected chi connectivity index (χ1v) is 12.8. The molecule has 126 valence electrons. The van der Waals surface area contributed by atoms with Gasteiger partial charge in [0.25, 0.3) is 8.32 Å². The van der Waals surface area contributed by atoms with Crippen molar-refractivity contribution in [3.05, 3.63) is 72.4 Å². The smallest absolute Gasteiger partial charge is 0.257 e. The number of rotatable bonds is 4. The van der Waals surface area contributed by atoms with Crippen LogP contribution in [0.25, 0.3) is 0 Å². The van der Waals surface area contributed by atoms with Crippen molar-refractivity contribution in [3.8, 4) is 0 Å². The van der Waals surface area contributed by atoms with E-state index in [1.165, 1.54) is 15.6 Å². The highest BCUT2D eigenvalue weighted by Gasteiger charge is 2.50. The molecule has 0 aromatic heterocycles. The standard InChI is InChI=1S/C19H22Cl2OSi2/c1-14(2)23-19-18(21)17(20)13-24(22-19,15-9-5-3-6-10-15)16-11-7-4-8-12-16/h3-12,17-19H,1,13,23H2,2H3. The minimum atomic E-state index is -2.39. The summed E-state index contributed by atoms with van der Waals surface area (Å²) in [5.41, 5.74) is 0.0347. The first kappa shape index (κ1) is 18.0. The number of hydrogen-bond donors (Lipinski definition) is 0. The van der Waals surface area contributed by atoms with Crippen LogP contribution in [-0.2, 0) is 4.43 Å². The molecule has 0 radical (unpaired) electrons. The minimum absolute atomic E-state index is 0.0347. The van der Waals surface area contributed by atoms with Gasteiger partial charge in [0.1, 0.15) is 0 Å². The Bertz CT molecular complexity index is 654. The summed E-state index contributed by atoms with van der Waals surface area (Å²) in [6.07, 6.45) is 0. The Balaban J connectivity index is 2.10. The van der Waals surface area contributed by atoms with Gasteiger partial charge in [-0.25, -0.2) is 0 Å². The highest BCUT2D eigenvalue weighted by Crippen LogP contribution is 2.33. The Morgan fingerprint density at radius 1 is 1.04 bits per heavy atom. The Morgan fingerprint density at radius 2 is 1.54 bits per heavy atom. The van der Waals surface area contributed by atoms with Crippen LogP contribution in [0.5, 0.6) is 0 Å². The molecular formula is C19H22Cl2OSi2. The van der Waals surface area contributed by atoms with Crippen LogP contribution in [-0.4, -0.2) is 34.3 Å². The summed E-state index contributed by atoms with van der Waals surface area (Å²) < 4.78 is 6.86. The molecule has 3 unspecified atom stereocenters. The predicted octanol–water partition coefficient (Wildman–Crippen LogP) is 3.02. The molecule has 0 saturated carbocycles. The normalized spacial score (nSPS) is 26.5. The van der Waals surface area contributed by atoms with Crippen LogP contribution < -0.4 is 10.4 Å². The van der Waals surface area contributed by atoms with Crippen LogP contribution >= 0.6 is 23.2 Å². The van der Waals surface area contributed by atoms with E-state index in [4.69, 9.17) is 27.6 Å². The van der Waals surface area contributed by atoms with Crippen molar-refractivity contribution in [1.29, 1.82) is 0 Å². The summed E-state index contributed by atoms with van der Waals surface area (Å²) in [6.45, 7) is 6.17. The van der Waals surface area contributed by atoms with Gasteiger partial charge in [-0.15, -0.1) is 29.8 Å². The summed E-state index contributed by atoms with van der Waals surface area (Å²) in [7, 11) is -3.05. The van der Waals surface area contributed by atoms with Crippen molar-refractivity contribution in [2.45, 2.75) is 29.4 Å². The topological polar surface area (TPSA) is 9.23 Å². The van der Waals surface area contributed by atoms with Gasteiger partial charge in [-0.2, -0.15) is 0 Å². The SMILES string of the molecule is C=C(C)[SiH2]C1O[Si](c2ccccc2)(c2ccccc2)CC(Cl)C1Cl. The summed E-state index contributed by atoms with van der Waals surface area (Å²) in [5.74, 6) is 0. The van der Waals surface area contributed by atoms with E-state index in [0.717, 1.165) is 6.04 Å². The van der Waals surface area contributed by atoms with Crippen molar-refractivity contribution in [2.24, 2.45) is 0 Å². The highest BCUT2D eigenvalue weighted by molar-refractivity contribution is 6.98. The molecule has 2 aromatic rings. The number of alkyl halides is 2. The number of hydrogen-bond acceptors (Lipinski definition) is 1. The molecule has 0 amide bonds. The summed E-state index contributed by atoms with van der Waals surface area (Å²) in [4.78, 5) is 0. The molecule has 1 nitrogen and oxygen atoms in total. The van der Waals surface area contributed by atoms with Gasteiger partial charge in [0, 0.05) is 0 Å². The maximum atomic E-state index is 6.86. The van der Waals surface area contributed by atoms with Gasteiger partial charge in [-0.3, -0.25) is 0 Å². The lowest BCUT2D eigenvalue weighted by Crippen LogP contribution is -2.68. The van der Waals surface area contributed by atoms with Crippen molar-refractivity contribution in [3.63, 3.8) is 0 Å². The quantitative estimate of drug-likeness (QED) is 0.573. The molecule has 1 saturated heterocycles. The van der Waals surface area contributed by atoms with Gasteiger partial charge in [0.15, 0.2) is 0 Å². The average molecular weight is 393 g/mol. The summed E-state index contributed by atoms with van der Waals surface area (Å²) in [6, 6.07) is 21.9. The predicted molar refractivity (Wildman–Crippen MR) is 110 cm³/mol. The zero-order valence-corrected chi connectivity index (χ0v) is 17.7. The van der Waals surface area contributed by atoms with E-state index < -0.39 is 17.8 Å². The molecule has 3 rings (SSSR count). The third kappa shape index (κ3) is 3.56. The van der Waals surface area contributed by atoms with E-state index in [9.17, 15) is 0 Å². The van der Waals surface area contributed by atoms with Crippen LogP contribution in [0.4, 0.5) is 0 Å². The third-order valence-electron chi connectivity index (χ3n) is 4.57. The maximum Gasteiger partial charge on any atom is 0.257 e. The van der Waals surface area contributed by atoms with E-state index in [-0.39, 0.29) is 16.5 Å². The second-order valence-corrected chi connectivity index (χ2v) is 13.5. The fourth-order valence-electron chi connectivity index (χ4n) is 3.44. The molecule has 1 fully saturated rings. The minimum Gasteiger partial charge on any atom is -0.407 e. The van der Waals surface area contributed by atoms with Crippen molar-refractivity contribution < 1.29 is 4.43 Å². The molecule has 1 heterocycles. The van der Waals surface area contributed by atoms with E-state index >= 15 is 0 Å². The molecule has 0 spiro atoms. The van der Waals surface area contributed by atoms with Crippen LogP contribution in [0.1, 0.15) is 6.92 Å². The van der Waals surface area contributed by atoms with Crippen LogP contribution in [0.15, 0.2) is 72.4 Å². The molecule has 3 atom stereocenters. The fraction of sp³-hybridized carbons (Fsp3) is 0.263. The van der Waals surface area contributed by atoms with Gasteiger partial charge < -0.3 is 4.43 Å². The van der Waals surface area contributed by atoms with Crippen molar-refractivity contribution in [2.75, 3.05) is 0 Å². The highest BCUT2D eigenvalue weighted by atomic mass is 35.5. The Hall–Kier alpha value is -0.846. The summed E-state index contributed by atoms with van der Waals surface area (Å²) in [5, 5.41) is 3.53.